The van der Waals surface area contributed by atoms with E-state index >= 15 is 0 Å². The number of anilines is 3. The second kappa shape index (κ2) is 9.76. The first kappa shape index (κ1) is 22.9. The van der Waals surface area contributed by atoms with Gasteiger partial charge in [0.1, 0.15) is 5.82 Å². The quantitative estimate of drug-likeness (QED) is 0.396. The van der Waals surface area contributed by atoms with Crippen LogP contribution in [-0.2, 0) is 11.3 Å². The second-order valence-corrected chi connectivity index (χ2v) is 9.21. The van der Waals surface area contributed by atoms with Crippen LogP contribution in [0.2, 0.25) is 0 Å². The lowest BCUT2D eigenvalue weighted by molar-refractivity contribution is 0.0999. The maximum atomic E-state index is 11.3. The fourth-order valence-electron chi connectivity index (χ4n) is 3.78. The van der Waals surface area contributed by atoms with Crippen molar-refractivity contribution in [1.29, 1.82) is 0 Å². The summed E-state index contributed by atoms with van der Waals surface area (Å²) in [4.78, 5) is 39.3. The summed E-state index contributed by atoms with van der Waals surface area (Å²) in [7, 11) is 3.74. The van der Waals surface area contributed by atoms with Crippen LogP contribution >= 0.6 is 11.3 Å². The number of hydrogen-bond acceptors (Lipinski definition) is 11. The van der Waals surface area contributed by atoms with Gasteiger partial charge >= 0.3 is 0 Å². The zero-order valence-corrected chi connectivity index (χ0v) is 20.2. The third kappa shape index (κ3) is 4.84. The molecule has 5 rings (SSSR count). The predicted octanol–water partition coefficient (Wildman–Crippen LogP) is 2.16. The lowest BCUT2D eigenvalue weighted by atomic mass is 10.2. The minimum Gasteiger partial charge on any atom is -0.378 e. The Hall–Kier alpha value is -3.90. The van der Waals surface area contributed by atoms with Gasteiger partial charge in [-0.1, -0.05) is 0 Å². The second-order valence-electron chi connectivity index (χ2n) is 8.07. The van der Waals surface area contributed by atoms with Crippen LogP contribution < -0.4 is 20.9 Å². The van der Waals surface area contributed by atoms with E-state index in [9.17, 15) is 4.79 Å². The van der Waals surface area contributed by atoms with Gasteiger partial charge in [-0.2, -0.15) is 0 Å². The molecule has 4 aromatic heterocycles. The fourth-order valence-corrected chi connectivity index (χ4v) is 4.95. The van der Waals surface area contributed by atoms with Gasteiger partial charge in [-0.3, -0.25) is 4.79 Å². The summed E-state index contributed by atoms with van der Waals surface area (Å²) >= 11 is 1.65. The Balaban J connectivity index is 1.49. The van der Waals surface area contributed by atoms with Gasteiger partial charge in [-0.05, 0) is 18.2 Å². The molecule has 5 heterocycles. The lowest BCUT2D eigenvalue weighted by Crippen LogP contribution is -2.36. The molecule has 0 bridgehead atoms. The summed E-state index contributed by atoms with van der Waals surface area (Å²) in [6.45, 7) is 3.45. The van der Waals surface area contributed by atoms with Gasteiger partial charge in [0.25, 0.3) is 5.91 Å². The molecule has 0 spiro atoms. The van der Waals surface area contributed by atoms with Crippen LogP contribution in [0.1, 0.15) is 15.2 Å². The number of rotatable bonds is 7. The van der Waals surface area contributed by atoms with Crippen molar-refractivity contribution in [1.82, 2.24) is 24.9 Å². The van der Waals surface area contributed by atoms with Crippen LogP contribution in [0.5, 0.6) is 0 Å². The zero-order chi connectivity index (χ0) is 24.4. The van der Waals surface area contributed by atoms with Gasteiger partial charge < -0.3 is 25.6 Å². The minimum atomic E-state index is -0.551. The summed E-state index contributed by atoms with van der Waals surface area (Å²) < 4.78 is 6.59. The Kier molecular flexibility index (Phi) is 6.38. The van der Waals surface area contributed by atoms with Crippen LogP contribution in [0, 0.1) is 0 Å². The van der Waals surface area contributed by atoms with Crippen molar-refractivity contribution in [3.05, 3.63) is 47.2 Å². The van der Waals surface area contributed by atoms with Gasteiger partial charge in [-0.25, -0.2) is 24.9 Å². The Morgan fingerprint density at radius 2 is 1.94 bits per heavy atom. The molecule has 1 saturated heterocycles. The van der Waals surface area contributed by atoms with Gasteiger partial charge in [0.05, 0.1) is 35.5 Å². The molecule has 180 valence electrons. The average Bonchev–Trinajstić information content (AvgIpc) is 3.31. The van der Waals surface area contributed by atoms with Crippen molar-refractivity contribution in [2.24, 2.45) is 5.73 Å². The molecule has 12 heteroatoms. The number of primary amides is 1. The maximum absolute atomic E-state index is 11.3. The van der Waals surface area contributed by atoms with E-state index < -0.39 is 5.91 Å². The number of aromatic nitrogens is 5. The number of nitrogens with one attached hydrogen (secondary N) is 1. The summed E-state index contributed by atoms with van der Waals surface area (Å²) in [5.74, 6) is 2.28. The number of pyridine rings is 1. The molecule has 0 radical (unpaired) electrons. The molecule has 0 aliphatic carbocycles. The van der Waals surface area contributed by atoms with E-state index in [1.165, 1.54) is 12.4 Å². The van der Waals surface area contributed by atoms with Crippen molar-refractivity contribution >= 4 is 45.0 Å². The number of nitrogens with two attached hydrogens (primary N) is 1. The molecule has 4 aromatic rings. The van der Waals surface area contributed by atoms with E-state index in [0.29, 0.717) is 31.5 Å². The Morgan fingerprint density at radius 1 is 1.17 bits per heavy atom. The molecule has 0 saturated carbocycles. The molecule has 0 unspecified atom stereocenters. The van der Waals surface area contributed by atoms with E-state index in [2.05, 4.69) is 31.2 Å². The highest BCUT2D eigenvalue weighted by atomic mass is 32.1. The molecule has 1 aliphatic rings. The first-order chi connectivity index (χ1) is 17.0. The summed E-state index contributed by atoms with van der Waals surface area (Å²) in [6, 6.07) is 5.96. The third-order valence-corrected chi connectivity index (χ3v) is 6.76. The van der Waals surface area contributed by atoms with Crippen molar-refractivity contribution in [3.8, 4) is 11.4 Å². The van der Waals surface area contributed by atoms with Crippen molar-refractivity contribution in [3.63, 3.8) is 0 Å². The molecular weight excluding hydrogens is 466 g/mol. The van der Waals surface area contributed by atoms with Crippen LogP contribution in [-0.4, -0.2) is 71.2 Å². The molecule has 35 heavy (non-hydrogen) atoms. The van der Waals surface area contributed by atoms with Crippen LogP contribution in [0.3, 0.4) is 0 Å². The molecule has 1 amide bonds. The smallest absolute Gasteiger partial charge is 0.251 e. The van der Waals surface area contributed by atoms with Crippen LogP contribution in [0.4, 0.5) is 17.6 Å². The van der Waals surface area contributed by atoms with Crippen molar-refractivity contribution in [2.45, 2.75) is 6.54 Å². The molecule has 3 N–H and O–H groups in total. The third-order valence-electron chi connectivity index (χ3n) is 5.65. The van der Waals surface area contributed by atoms with Crippen LogP contribution in [0.15, 0.2) is 36.8 Å². The largest absolute Gasteiger partial charge is 0.378 e. The molecular formula is C23H25N9O2S. The zero-order valence-electron chi connectivity index (χ0n) is 19.4. The van der Waals surface area contributed by atoms with Crippen LogP contribution in [0.25, 0.3) is 21.6 Å². The molecule has 0 aromatic carbocycles. The standard InChI is InChI=1S/C23H25N9O2S/c1-25-18-4-3-14(10-26-18)21-29-17-9-16(13-31(2)23-27-11-15(12-28-23)20(24)33)35-19(17)22(30-21)32-5-7-34-8-6-32/h3-4,9-12H,5-8,13H2,1-2H3,(H2,24,33)(H,25,26). The number of fused-ring (bicyclic) bond motifs is 1. The van der Waals surface area contributed by atoms with Crippen molar-refractivity contribution < 1.29 is 9.53 Å². The van der Waals surface area contributed by atoms with E-state index in [-0.39, 0.29) is 5.56 Å². The van der Waals surface area contributed by atoms with Gasteiger partial charge in [-0.15, -0.1) is 11.3 Å². The number of carbonyl (C=O) groups excluding carboxylic acids is 1. The summed E-state index contributed by atoms with van der Waals surface area (Å²) in [5.41, 5.74) is 7.30. The van der Waals surface area contributed by atoms with E-state index in [1.807, 2.05) is 31.1 Å². The number of thiophene rings is 1. The Morgan fingerprint density at radius 3 is 2.60 bits per heavy atom. The topological polar surface area (TPSA) is 135 Å². The van der Waals surface area contributed by atoms with E-state index in [4.69, 9.17) is 20.4 Å². The maximum Gasteiger partial charge on any atom is 0.251 e. The number of ether oxygens (including phenoxy) is 1. The SMILES string of the molecule is CNc1ccc(-c2nc(N3CCOCC3)c3sc(CN(C)c4ncc(C(N)=O)cn4)cc3n2)cn1. The van der Waals surface area contributed by atoms with Gasteiger partial charge in [0, 0.05) is 56.2 Å². The number of hydrogen-bond donors (Lipinski definition) is 2. The highest BCUT2D eigenvalue weighted by Crippen LogP contribution is 2.35. The highest BCUT2D eigenvalue weighted by molar-refractivity contribution is 7.19. The molecule has 1 fully saturated rings. The fraction of sp³-hybridized carbons (Fsp3) is 0.304. The van der Waals surface area contributed by atoms with Crippen molar-refractivity contribution in [2.75, 3.05) is 55.5 Å². The molecule has 0 atom stereocenters. The van der Waals surface area contributed by atoms with E-state index in [1.54, 1.807) is 17.5 Å². The monoisotopic (exact) mass is 491 g/mol. The lowest BCUT2D eigenvalue weighted by Gasteiger charge is -2.28. The van der Waals surface area contributed by atoms with Gasteiger partial charge in [0.15, 0.2) is 11.6 Å². The first-order valence-corrected chi connectivity index (χ1v) is 11.9. The highest BCUT2D eigenvalue weighted by Gasteiger charge is 2.21. The normalized spacial score (nSPS) is 13.7. The number of morpholine rings is 1. The predicted molar refractivity (Wildman–Crippen MR) is 136 cm³/mol. The molecule has 1 aliphatic heterocycles. The summed E-state index contributed by atoms with van der Waals surface area (Å²) in [5, 5.41) is 3.03. The average molecular weight is 492 g/mol. The minimum absolute atomic E-state index is 0.277. The number of nitrogens with zero attached hydrogens (tertiary/aromatic N) is 7. The molecule has 11 nitrogen and oxygen atoms in total. The first-order valence-electron chi connectivity index (χ1n) is 11.1. The Bertz CT molecular complexity index is 1340. The summed E-state index contributed by atoms with van der Waals surface area (Å²) in [6.07, 6.45) is 4.66. The number of carbonyl (C=O) groups is 1. The van der Waals surface area contributed by atoms with Gasteiger partial charge in [0.2, 0.25) is 5.95 Å². The van der Waals surface area contributed by atoms with E-state index in [0.717, 1.165) is 45.4 Å². The Labute approximate surface area is 206 Å². The number of amides is 1.